The SMILES string of the molecule is CC.CCOC(=O)C(=O)NNc1ccc(C(F)(F)F)nn1. The molecule has 1 aromatic heterocycles. The Hall–Kier alpha value is -2.39. The number of hydrazine groups is 1. The first-order valence-corrected chi connectivity index (χ1v) is 5.98. The number of esters is 1. The van der Waals surface area contributed by atoms with Crippen molar-refractivity contribution in [2.24, 2.45) is 0 Å². The molecular weight excluding hydrogens is 293 g/mol. The van der Waals surface area contributed by atoms with Gasteiger partial charge in [0.05, 0.1) is 6.61 Å². The first-order valence-electron chi connectivity index (χ1n) is 5.98. The van der Waals surface area contributed by atoms with E-state index in [1.807, 2.05) is 19.3 Å². The van der Waals surface area contributed by atoms with E-state index in [9.17, 15) is 22.8 Å². The zero-order valence-electron chi connectivity index (χ0n) is 11.6. The molecule has 1 amide bonds. The van der Waals surface area contributed by atoms with Crippen LogP contribution >= 0.6 is 0 Å². The van der Waals surface area contributed by atoms with Crippen molar-refractivity contribution in [3.05, 3.63) is 17.8 Å². The molecule has 10 heteroatoms. The van der Waals surface area contributed by atoms with Crippen LogP contribution < -0.4 is 10.9 Å². The number of nitrogens with one attached hydrogen (secondary N) is 2. The fraction of sp³-hybridized carbons (Fsp3) is 0.455. The summed E-state index contributed by atoms with van der Waals surface area (Å²) in [5.41, 5.74) is 2.84. The highest BCUT2D eigenvalue weighted by molar-refractivity contribution is 6.32. The zero-order chi connectivity index (χ0) is 16.5. The molecule has 0 unspecified atom stereocenters. The smallest absolute Gasteiger partial charge is 0.435 e. The fourth-order valence-corrected chi connectivity index (χ4v) is 0.919. The third-order valence-electron chi connectivity index (χ3n) is 1.72. The topological polar surface area (TPSA) is 93.2 Å². The summed E-state index contributed by atoms with van der Waals surface area (Å²) >= 11 is 0. The van der Waals surface area contributed by atoms with Crippen molar-refractivity contribution in [3.8, 4) is 0 Å². The number of hydrogen-bond acceptors (Lipinski definition) is 6. The molecule has 0 spiro atoms. The molecule has 0 aliphatic rings. The lowest BCUT2D eigenvalue weighted by Gasteiger charge is -2.08. The number of carbonyl (C=O) groups is 2. The molecule has 21 heavy (non-hydrogen) atoms. The molecule has 7 nitrogen and oxygen atoms in total. The third kappa shape index (κ3) is 6.54. The molecule has 0 fully saturated rings. The molecule has 2 N–H and O–H groups in total. The lowest BCUT2D eigenvalue weighted by molar-refractivity contribution is -0.154. The van der Waals surface area contributed by atoms with E-state index in [-0.39, 0.29) is 12.4 Å². The molecule has 0 saturated heterocycles. The van der Waals surface area contributed by atoms with Crippen molar-refractivity contribution in [3.63, 3.8) is 0 Å². The number of anilines is 1. The largest absolute Gasteiger partial charge is 0.459 e. The summed E-state index contributed by atoms with van der Waals surface area (Å²) in [5, 5.41) is 6.08. The van der Waals surface area contributed by atoms with E-state index in [0.29, 0.717) is 6.07 Å². The molecule has 1 heterocycles. The fourth-order valence-electron chi connectivity index (χ4n) is 0.919. The number of halogens is 3. The summed E-state index contributed by atoms with van der Waals surface area (Å²) < 4.78 is 40.9. The Balaban J connectivity index is 0.00000191. The summed E-state index contributed by atoms with van der Waals surface area (Å²) in [7, 11) is 0. The van der Waals surface area contributed by atoms with Crippen molar-refractivity contribution in [1.29, 1.82) is 0 Å². The highest BCUT2D eigenvalue weighted by Crippen LogP contribution is 2.26. The highest BCUT2D eigenvalue weighted by Gasteiger charge is 2.32. The van der Waals surface area contributed by atoms with Gasteiger partial charge in [-0.1, -0.05) is 13.8 Å². The average Bonchev–Trinajstić information content (AvgIpc) is 2.46. The van der Waals surface area contributed by atoms with Crippen LogP contribution in [0.2, 0.25) is 0 Å². The van der Waals surface area contributed by atoms with E-state index in [2.05, 4.69) is 20.4 Å². The predicted octanol–water partition coefficient (Wildman–Crippen LogP) is 1.53. The van der Waals surface area contributed by atoms with Crippen LogP contribution in [-0.2, 0) is 20.5 Å². The Bertz CT molecular complexity index is 463. The van der Waals surface area contributed by atoms with E-state index in [0.717, 1.165) is 6.07 Å². The maximum Gasteiger partial charge on any atom is 0.435 e. The summed E-state index contributed by atoms with van der Waals surface area (Å²) in [4.78, 5) is 21.9. The number of amides is 1. The minimum Gasteiger partial charge on any atom is -0.459 e. The number of carbonyl (C=O) groups excluding carboxylic acids is 2. The van der Waals surface area contributed by atoms with Gasteiger partial charge in [0.25, 0.3) is 0 Å². The quantitative estimate of drug-likeness (QED) is 0.500. The number of nitrogens with zero attached hydrogens (tertiary/aromatic N) is 2. The van der Waals surface area contributed by atoms with Gasteiger partial charge in [-0.15, -0.1) is 10.2 Å². The predicted molar refractivity (Wildman–Crippen MR) is 66.8 cm³/mol. The Kier molecular flexibility index (Phi) is 7.72. The molecule has 118 valence electrons. The molecule has 0 saturated carbocycles. The van der Waals surface area contributed by atoms with Gasteiger partial charge in [-0.05, 0) is 19.1 Å². The first kappa shape index (κ1) is 18.6. The zero-order valence-corrected chi connectivity index (χ0v) is 11.6. The maximum absolute atomic E-state index is 12.2. The van der Waals surface area contributed by atoms with Crippen LogP contribution in [0.5, 0.6) is 0 Å². The monoisotopic (exact) mass is 308 g/mol. The van der Waals surface area contributed by atoms with E-state index >= 15 is 0 Å². The lowest BCUT2D eigenvalue weighted by atomic mass is 10.4. The number of alkyl halides is 3. The van der Waals surface area contributed by atoms with Crippen LogP contribution in [0.4, 0.5) is 19.0 Å². The molecule has 0 aliphatic heterocycles. The molecule has 0 bridgehead atoms. The van der Waals surface area contributed by atoms with Gasteiger partial charge < -0.3 is 4.74 Å². The molecular formula is C11H15F3N4O3. The Morgan fingerprint density at radius 3 is 2.29 bits per heavy atom. The van der Waals surface area contributed by atoms with E-state index in [1.54, 1.807) is 0 Å². The van der Waals surface area contributed by atoms with Gasteiger partial charge in [0.2, 0.25) is 0 Å². The maximum atomic E-state index is 12.2. The van der Waals surface area contributed by atoms with Gasteiger partial charge in [-0.3, -0.25) is 15.6 Å². The Labute approximate surface area is 118 Å². The normalized spacial score (nSPS) is 10.0. The highest BCUT2D eigenvalue weighted by atomic mass is 19.4. The average molecular weight is 308 g/mol. The number of hydrogen-bond donors (Lipinski definition) is 2. The van der Waals surface area contributed by atoms with Crippen molar-refractivity contribution < 1.29 is 27.5 Å². The van der Waals surface area contributed by atoms with Crippen molar-refractivity contribution in [2.75, 3.05) is 12.0 Å². The van der Waals surface area contributed by atoms with E-state index in [1.165, 1.54) is 6.92 Å². The number of aromatic nitrogens is 2. The van der Waals surface area contributed by atoms with Crippen molar-refractivity contribution in [2.45, 2.75) is 26.9 Å². The van der Waals surface area contributed by atoms with E-state index < -0.39 is 23.7 Å². The Morgan fingerprint density at radius 1 is 1.24 bits per heavy atom. The molecule has 1 aromatic rings. The summed E-state index contributed by atoms with van der Waals surface area (Å²) in [5.74, 6) is -2.40. The molecule has 0 aromatic carbocycles. The van der Waals surface area contributed by atoms with Gasteiger partial charge in [0, 0.05) is 0 Å². The summed E-state index contributed by atoms with van der Waals surface area (Å²) in [6.07, 6.45) is -4.60. The van der Waals surface area contributed by atoms with Crippen molar-refractivity contribution >= 4 is 17.7 Å². The van der Waals surface area contributed by atoms with Gasteiger partial charge >= 0.3 is 18.1 Å². The minimum absolute atomic E-state index is 0.0202. The second-order valence-electron chi connectivity index (χ2n) is 3.10. The standard InChI is InChI=1S/C9H9F3N4O3.C2H6/c1-2-19-8(18)7(17)16-15-6-4-3-5(13-14-6)9(10,11)12;1-2/h3-4H,2H2,1H3,(H,14,15)(H,16,17);1-2H3. The van der Waals surface area contributed by atoms with Gasteiger partial charge in [-0.2, -0.15) is 13.2 Å². The van der Waals surface area contributed by atoms with Crippen molar-refractivity contribution in [1.82, 2.24) is 15.6 Å². The second-order valence-corrected chi connectivity index (χ2v) is 3.10. The van der Waals surface area contributed by atoms with Crippen LogP contribution in [-0.4, -0.2) is 28.7 Å². The first-order chi connectivity index (χ1) is 9.84. The van der Waals surface area contributed by atoms with Crippen LogP contribution in [0.1, 0.15) is 26.5 Å². The van der Waals surface area contributed by atoms with Crippen LogP contribution in [0.25, 0.3) is 0 Å². The van der Waals surface area contributed by atoms with Gasteiger partial charge in [0.1, 0.15) is 0 Å². The van der Waals surface area contributed by atoms with Crippen LogP contribution in [0.15, 0.2) is 12.1 Å². The summed E-state index contributed by atoms with van der Waals surface area (Å²) in [6, 6.07) is 1.62. The van der Waals surface area contributed by atoms with Crippen LogP contribution in [0.3, 0.4) is 0 Å². The second kappa shape index (κ2) is 8.72. The lowest BCUT2D eigenvalue weighted by Crippen LogP contribution is -2.36. The summed E-state index contributed by atoms with van der Waals surface area (Å²) in [6.45, 7) is 5.53. The van der Waals surface area contributed by atoms with Gasteiger partial charge in [0.15, 0.2) is 11.5 Å². The minimum atomic E-state index is -4.60. The van der Waals surface area contributed by atoms with E-state index in [4.69, 9.17) is 0 Å². The molecule has 1 rings (SSSR count). The number of ether oxygens (including phenoxy) is 1. The molecule has 0 radical (unpaired) electrons. The van der Waals surface area contributed by atoms with Crippen LogP contribution in [0, 0.1) is 0 Å². The Morgan fingerprint density at radius 2 is 1.86 bits per heavy atom. The third-order valence-corrected chi connectivity index (χ3v) is 1.72. The van der Waals surface area contributed by atoms with Gasteiger partial charge in [-0.25, -0.2) is 4.79 Å². The molecule has 0 aliphatic carbocycles. The number of rotatable bonds is 3. The molecule has 0 atom stereocenters.